The Morgan fingerprint density at radius 3 is 2.67 bits per heavy atom. The Morgan fingerprint density at radius 2 is 2.00 bits per heavy atom. The fraction of sp³-hybridized carbons (Fsp3) is 0.467. The van der Waals surface area contributed by atoms with Crippen LogP contribution in [0.2, 0.25) is 0 Å². The molecule has 0 aliphatic heterocycles. The van der Waals surface area contributed by atoms with Gasteiger partial charge in [0.25, 0.3) is 0 Å². The molecular weight excluding hydrogens is 281 g/mol. The molecule has 2 rings (SSSR count). The minimum absolute atomic E-state index is 0.0763. The molecule has 1 heterocycles. The Labute approximate surface area is 121 Å². The smallest absolute Gasteiger partial charge is 0.401 e. The quantitative estimate of drug-likeness (QED) is 0.825. The SMILES string of the molecule is CC(C)Oc1cccc2c1ccn2CCNCC(F)(F)F. The lowest BCUT2D eigenvalue weighted by molar-refractivity contribution is -0.124. The molecule has 0 aliphatic carbocycles. The van der Waals surface area contributed by atoms with Crippen molar-refractivity contribution in [2.24, 2.45) is 0 Å². The molecule has 0 aliphatic rings. The van der Waals surface area contributed by atoms with E-state index in [0.29, 0.717) is 6.54 Å². The second-order valence-corrected chi connectivity index (χ2v) is 5.16. The highest BCUT2D eigenvalue weighted by atomic mass is 19.4. The first-order valence-electron chi connectivity index (χ1n) is 6.89. The van der Waals surface area contributed by atoms with Gasteiger partial charge in [0.15, 0.2) is 0 Å². The van der Waals surface area contributed by atoms with E-state index in [1.807, 2.05) is 48.9 Å². The van der Waals surface area contributed by atoms with Crippen molar-refractivity contribution in [1.82, 2.24) is 9.88 Å². The molecule has 0 spiro atoms. The fourth-order valence-corrected chi connectivity index (χ4v) is 2.18. The van der Waals surface area contributed by atoms with E-state index in [1.165, 1.54) is 0 Å². The van der Waals surface area contributed by atoms with E-state index < -0.39 is 12.7 Å². The summed E-state index contributed by atoms with van der Waals surface area (Å²) in [6.45, 7) is 3.69. The van der Waals surface area contributed by atoms with Crippen molar-refractivity contribution in [3.05, 3.63) is 30.5 Å². The number of nitrogens with one attached hydrogen (secondary N) is 1. The van der Waals surface area contributed by atoms with Gasteiger partial charge in [-0.25, -0.2) is 0 Å². The van der Waals surface area contributed by atoms with Crippen LogP contribution in [0.15, 0.2) is 30.5 Å². The molecule has 1 aromatic heterocycles. The van der Waals surface area contributed by atoms with Gasteiger partial charge in [-0.1, -0.05) is 6.07 Å². The second kappa shape index (κ2) is 6.39. The zero-order chi connectivity index (χ0) is 15.5. The second-order valence-electron chi connectivity index (χ2n) is 5.16. The predicted octanol–water partition coefficient (Wildman–Crippen LogP) is 3.58. The summed E-state index contributed by atoms with van der Waals surface area (Å²) >= 11 is 0. The number of benzene rings is 1. The number of alkyl halides is 3. The van der Waals surface area contributed by atoms with Gasteiger partial charge in [0, 0.05) is 24.7 Å². The molecule has 0 unspecified atom stereocenters. The van der Waals surface area contributed by atoms with Crippen molar-refractivity contribution >= 4 is 10.9 Å². The van der Waals surface area contributed by atoms with Gasteiger partial charge < -0.3 is 14.6 Å². The van der Waals surface area contributed by atoms with E-state index in [4.69, 9.17) is 4.74 Å². The number of aromatic nitrogens is 1. The first kappa shape index (κ1) is 15.7. The van der Waals surface area contributed by atoms with E-state index in [-0.39, 0.29) is 12.6 Å². The minimum atomic E-state index is -4.17. The van der Waals surface area contributed by atoms with E-state index in [9.17, 15) is 13.2 Å². The van der Waals surface area contributed by atoms with Gasteiger partial charge in [0.05, 0.1) is 18.2 Å². The number of fused-ring (bicyclic) bond motifs is 1. The first-order chi connectivity index (χ1) is 9.87. The summed E-state index contributed by atoms with van der Waals surface area (Å²) in [5, 5.41) is 3.37. The highest BCUT2D eigenvalue weighted by Crippen LogP contribution is 2.27. The Balaban J connectivity index is 2.05. The molecule has 0 bridgehead atoms. The van der Waals surface area contributed by atoms with Gasteiger partial charge in [-0.15, -0.1) is 0 Å². The third-order valence-electron chi connectivity index (χ3n) is 2.99. The summed E-state index contributed by atoms with van der Waals surface area (Å²) in [5.41, 5.74) is 0.960. The van der Waals surface area contributed by atoms with Crippen LogP contribution in [-0.2, 0) is 6.54 Å². The van der Waals surface area contributed by atoms with Crippen LogP contribution in [0.3, 0.4) is 0 Å². The van der Waals surface area contributed by atoms with Crippen molar-refractivity contribution < 1.29 is 17.9 Å². The molecule has 2 aromatic rings. The van der Waals surface area contributed by atoms with Crippen LogP contribution in [0.5, 0.6) is 5.75 Å². The van der Waals surface area contributed by atoms with Crippen LogP contribution >= 0.6 is 0 Å². The number of nitrogens with zero attached hydrogens (tertiary/aromatic N) is 1. The average molecular weight is 300 g/mol. The van der Waals surface area contributed by atoms with Gasteiger partial charge in [-0.2, -0.15) is 13.2 Å². The van der Waals surface area contributed by atoms with Crippen LogP contribution in [0, 0.1) is 0 Å². The third kappa shape index (κ3) is 4.39. The zero-order valence-electron chi connectivity index (χ0n) is 12.1. The molecule has 3 nitrogen and oxygen atoms in total. The summed E-state index contributed by atoms with van der Waals surface area (Å²) in [6.07, 6.45) is -2.23. The van der Waals surface area contributed by atoms with Gasteiger partial charge in [-0.05, 0) is 32.0 Å². The minimum Gasteiger partial charge on any atom is -0.490 e. The van der Waals surface area contributed by atoms with Crippen molar-refractivity contribution in [3.8, 4) is 5.75 Å². The highest BCUT2D eigenvalue weighted by Gasteiger charge is 2.25. The zero-order valence-corrected chi connectivity index (χ0v) is 12.1. The molecule has 116 valence electrons. The van der Waals surface area contributed by atoms with Crippen molar-refractivity contribution in [2.45, 2.75) is 32.7 Å². The number of rotatable bonds is 6. The largest absolute Gasteiger partial charge is 0.490 e. The molecular formula is C15H19F3N2O. The Hall–Kier alpha value is -1.69. The summed E-state index contributed by atoms with van der Waals surface area (Å²) in [7, 11) is 0. The molecule has 6 heteroatoms. The summed E-state index contributed by atoms with van der Waals surface area (Å²) in [5.74, 6) is 0.796. The molecule has 0 radical (unpaired) electrons. The topological polar surface area (TPSA) is 26.2 Å². The molecule has 1 N–H and O–H groups in total. The monoisotopic (exact) mass is 300 g/mol. The van der Waals surface area contributed by atoms with Crippen LogP contribution in [0.25, 0.3) is 10.9 Å². The molecule has 0 saturated carbocycles. The lowest BCUT2D eigenvalue weighted by Crippen LogP contribution is -2.31. The number of halogens is 3. The third-order valence-corrected chi connectivity index (χ3v) is 2.99. The van der Waals surface area contributed by atoms with E-state index in [1.54, 1.807) is 0 Å². The lowest BCUT2D eigenvalue weighted by Gasteiger charge is -2.12. The van der Waals surface area contributed by atoms with E-state index in [0.717, 1.165) is 16.7 Å². The van der Waals surface area contributed by atoms with Crippen LogP contribution in [-0.4, -0.2) is 29.9 Å². The fourth-order valence-electron chi connectivity index (χ4n) is 2.18. The predicted molar refractivity (Wildman–Crippen MR) is 76.6 cm³/mol. The van der Waals surface area contributed by atoms with Gasteiger partial charge in [-0.3, -0.25) is 0 Å². The molecule has 0 fully saturated rings. The molecule has 21 heavy (non-hydrogen) atoms. The number of hydrogen-bond donors (Lipinski definition) is 1. The molecule has 0 saturated heterocycles. The molecule has 0 amide bonds. The number of ether oxygens (including phenoxy) is 1. The normalized spacial score (nSPS) is 12.3. The summed E-state index contributed by atoms with van der Waals surface area (Å²) in [6, 6.07) is 7.65. The van der Waals surface area contributed by atoms with Crippen LogP contribution in [0.4, 0.5) is 13.2 Å². The van der Waals surface area contributed by atoms with Crippen molar-refractivity contribution in [2.75, 3.05) is 13.1 Å². The van der Waals surface area contributed by atoms with Gasteiger partial charge in [0.1, 0.15) is 5.75 Å². The Morgan fingerprint density at radius 1 is 1.24 bits per heavy atom. The van der Waals surface area contributed by atoms with Crippen LogP contribution in [0.1, 0.15) is 13.8 Å². The average Bonchev–Trinajstić information content (AvgIpc) is 2.77. The first-order valence-corrected chi connectivity index (χ1v) is 6.89. The van der Waals surface area contributed by atoms with Gasteiger partial charge >= 0.3 is 6.18 Å². The van der Waals surface area contributed by atoms with Gasteiger partial charge in [0.2, 0.25) is 0 Å². The maximum Gasteiger partial charge on any atom is 0.401 e. The number of hydrogen-bond acceptors (Lipinski definition) is 2. The molecule has 0 atom stereocenters. The van der Waals surface area contributed by atoms with Crippen molar-refractivity contribution in [1.29, 1.82) is 0 Å². The van der Waals surface area contributed by atoms with E-state index >= 15 is 0 Å². The Kier molecular flexibility index (Phi) is 4.77. The maximum atomic E-state index is 12.1. The van der Waals surface area contributed by atoms with Crippen molar-refractivity contribution in [3.63, 3.8) is 0 Å². The standard InChI is InChI=1S/C15H19F3N2O/c1-11(2)21-14-5-3-4-13-12(14)6-8-20(13)9-7-19-10-15(16,17)18/h3-6,8,11,19H,7,9-10H2,1-2H3. The molecule has 1 aromatic carbocycles. The summed E-state index contributed by atoms with van der Waals surface area (Å²) < 4.78 is 43.8. The Bertz CT molecular complexity index is 590. The maximum absolute atomic E-state index is 12.1. The highest BCUT2D eigenvalue weighted by molar-refractivity contribution is 5.86. The lowest BCUT2D eigenvalue weighted by atomic mass is 10.2. The summed E-state index contributed by atoms with van der Waals surface area (Å²) in [4.78, 5) is 0. The van der Waals surface area contributed by atoms with E-state index in [2.05, 4.69) is 5.32 Å². The van der Waals surface area contributed by atoms with Crippen LogP contribution < -0.4 is 10.1 Å².